The van der Waals surface area contributed by atoms with Crippen LogP contribution in [0.25, 0.3) is 10.9 Å². The largest absolute Gasteiger partial charge is 0.462 e. The molecule has 27 heavy (non-hydrogen) atoms. The van der Waals surface area contributed by atoms with Gasteiger partial charge in [-0.2, -0.15) is 0 Å². The highest BCUT2D eigenvalue weighted by molar-refractivity contribution is 6.06. The van der Waals surface area contributed by atoms with Gasteiger partial charge in [-0.25, -0.2) is 4.79 Å². The molecule has 2 N–H and O–H groups in total. The van der Waals surface area contributed by atoms with Crippen LogP contribution in [0.3, 0.4) is 0 Å². The third kappa shape index (κ3) is 2.94. The molecule has 1 unspecified atom stereocenters. The molecule has 1 atom stereocenters. The van der Waals surface area contributed by atoms with Crippen LogP contribution in [0.1, 0.15) is 58.4 Å². The van der Waals surface area contributed by atoms with Gasteiger partial charge in [0.2, 0.25) is 0 Å². The molecule has 4 nitrogen and oxygen atoms in total. The van der Waals surface area contributed by atoms with E-state index in [1.807, 2.05) is 18.5 Å². The second-order valence-electron chi connectivity index (χ2n) is 7.23. The fourth-order valence-corrected chi connectivity index (χ4v) is 4.49. The van der Waals surface area contributed by atoms with Crippen molar-refractivity contribution in [2.75, 3.05) is 6.61 Å². The first-order valence-corrected chi connectivity index (χ1v) is 9.71. The SMILES string of the molecule is CCOC(=O)c1c(CN)n(C)c2cc(C3CCCc4ccccc43)ccc12. The summed E-state index contributed by atoms with van der Waals surface area (Å²) in [4.78, 5) is 12.5. The van der Waals surface area contributed by atoms with E-state index in [9.17, 15) is 4.79 Å². The molecule has 0 radical (unpaired) electrons. The molecule has 2 aromatic carbocycles. The summed E-state index contributed by atoms with van der Waals surface area (Å²) in [7, 11) is 1.98. The second-order valence-corrected chi connectivity index (χ2v) is 7.23. The van der Waals surface area contributed by atoms with E-state index in [1.165, 1.54) is 23.1 Å². The fraction of sp³-hybridized carbons (Fsp3) is 0.348. The van der Waals surface area contributed by atoms with Crippen molar-refractivity contribution in [3.05, 3.63) is 70.4 Å². The average Bonchev–Trinajstić information content (AvgIpc) is 2.99. The van der Waals surface area contributed by atoms with Crippen LogP contribution in [-0.2, 0) is 24.8 Å². The van der Waals surface area contributed by atoms with Crippen LogP contribution in [0.2, 0.25) is 0 Å². The van der Waals surface area contributed by atoms with Crippen molar-refractivity contribution in [3.8, 4) is 0 Å². The number of esters is 1. The van der Waals surface area contributed by atoms with Gasteiger partial charge < -0.3 is 15.0 Å². The Morgan fingerprint density at radius 3 is 2.85 bits per heavy atom. The Morgan fingerprint density at radius 2 is 2.07 bits per heavy atom. The Morgan fingerprint density at radius 1 is 1.26 bits per heavy atom. The van der Waals surface area contributed by atoms with Gasteiger partial charge in [0.15, 0.2) is 0 Å². The minimum atomic E-state index is -0.292. The number of hydrogen-bond donors (Lipinski definition) is 1. The zero-order valence-electron chi connectivity index (χ0n) is 16.0. The number of ether oxygens (including phenoxy) is 1. The molecule has 0 saturated carbocycles. The lowest BCUT2D eigenvalue weighted by atomic mass is 9.79. The van der Waals surface area contributed by atoms with Gasteiger partial charge in [-0.05, 0) is 48.9 Å². The van der Waals surface area contributed by atoms with E-state index in [0.29, 0.717) is 24.6 Å². The smallest absolute Gasteiger partial charge is 0.340 e. The third-order valence-electron chi connectivity index (χ3n) is 5.79. The number of aromatic nitrogens is 1. The van der Waals surface area contributed by atoms with E-state index in [0.717, 1.165) is 29.4 Å². The summed E-state index contributed by atoms with van der Waals surface area (Å²) in [5.41, 5.74) is 12.6. The van der Waals surface area contributed by atoms with E-state index < -0.39 is 0 Å². The standard InChI is InChI=1S/C23H26N2O2/c1-3-27-23(26)22-19-12-11-16(13-20(19)25(2)21(22)14-24)18-10-6-8-15-7-4-5-9-17(15)18/h4-5,7,9,11-13,18H,3,6,8,10,14,24H2,1-2H3. The summed E-state index contributed by atoms with van der Waals surface area (Å²) in [6, 6.07) is 15.2. The molecule has 1 heterocycles. The molecule has 4 heteroatoms. The van der Waals surface area contributed by atoms with Crippen LogP contribution in [0.5, 0.6) is 0 Å². The van der Waals surface area contributed by atoms with Crippen molar-refractivity contribution in [1.29, 1.82) is 0 Å². The molecule has 4 rings (SSSR count). The molecule has 0 fully saturated rings. The Hall–Kier alpha value is -2.59. The van der Waals surface area contributed by atoms with Crippen molar-refractivity contribution in [3.63, 3.8) is 0 Å². The summed E-state index contributed by atoms with van der Waals surface area (Å²) in [6.07, 6.45) is 3.51. The number of carbonyl (C=O) groups excluding carboxylic acids is 1. The Labute approximate surface area is 159 Å². The van der Waals surface area contributed by atoms with Crippen molar-refractivity contribution in [2.24, 2.45) is 12.8 Å². The fourth-order valence-electron chi connectivity index (χ4n) is 4.49. The molecular formula is C23H26N2O2. The van der Waals surface area contributed by atoms with Crippen LogP contribution in [0.4, 0.5) is 0 Å². The number of aryl methyl sites for hydroxylation is 2. The Bertz CT molecular complexity index is 1000. The summed E-state index contributed by atoms with van der Waals surface area (Å²) >= 11 is 0. The van der Waals surface area contributed by atoms with Crippen LogP contribution >= 0.6 is 0 Å². The van der Waals surface area contributed by atoms with Crippen LogP contribution in [-0.4, -0.2) is 17.1 Å². The number of rotatable bonds is 4. The van der Waals surface area contributed by atoms with Crippen molar-refractivity contribution in [1.82, 2.24) is 4.57 Å². The molecule has 0 spiro atoms. The number of fused-ring (bicyclic) bond motifs is 2. The lowest BCUT2D eigenvalue weighted by Gasteiger charge is -2.26. The Kier molecular flexibility index (Phi) is 4.75. The van der Waals surface area contributed by atoms with Crippen molar-refractivity contribution in [2.45, 2.75) is 38.6 Å². The normalized spacial score (nSPS) is 16.3. The molecule has 140 valence electrons. The zero-order valence-corrected chi connectivity index (χ0v) is 16.0. The molecular weight excluding hydrogens is 336 g/mol. The number of nitrogens with zero attached hydrogens (tertiary/aromatic N) is 1. The average molecular weight is 362 g/mol. The van der Waals surface area contributed by atoms with E-state index in [1.54, 1.807) is 0 Å². The molecule has 0 amide bonds. The molecule has 1 aliphatic carbocycles. The maximum absolute atomic E-state index is 12.5. The first kappa shape index (κ1) is 17.8. The topological polar surface area (TPSA) is 57.2 Å². The second kappa shape index (κ2) is 7.20. The Balaban J connectivity index is 1.85. The monoisotopic (exact) mass is 362 g/mol. The molecule has 0 bridgehead atoms. The zero-order chi connectivity index (χ0) is 19.0. The van der Waals surface area contributed by atoms with Gasteiger partial charge in [0.25, 0.3) is 0 Å². The summed E-state index contributed by atoms with van der Waals surface area (Å²) in [5.74, 6) is 0.112. The van der Waals surface area contributed by atoms with Crippen LogP contribution in [0.15, 0.2) is 42.5 Å². The van der Waals surface area contributed by atoms with E-state index in [4.69, 9.17) is 10.5 Å². The maximum Gasteiger partial charge on any atom is 0.340 e. The first-order valence-electron chi connectivity index (χ1n) is 9.71. The lowest BCUT2D eigenvalue weighted by molar-refractivity contribution is 0.0527. The minimum Gasteiger partial charge on any atom is -0.462 e. The van der Waals surface area contributed by atoms with Gasteiger partial charge in [0.1, 0.15) is 0 Å². The number of carbonyl (C=O) groups is 1. The molecule has 0 aliphatic heterocycles. The van der Waals surface area contributed by atoms with Gasteiger partial charge in [0.05, 0.1) is 12.2 Å². The number of hydrogen-bond acceptors (Lipinski definition) is 3. The number of nitrogens with two attached hydrogens (primary N) is 1. The van der Waals surface area contributed by atoms with E-state index >= 15 is 0 Å². The van der Waals surface area contributed by atoms with E-state index in [-0.39, 0.29) is 5.97 Å². The maximum atomic E-state index is 12.5. The highest BCUT2D eigenvalue weighted by Gasteiger charge is 2.25. The van der Waals surface area contributed by atoms with Gasteiger partial charge in [-0.1, -0.05) is 36.4 Å². The summed E-state index contributed by atoms with van der Waals surface area (Å²) in [5, 5.41) is 0.921. The van der Waals surface area contributed by atoms with Gasteiger partial charge in [-0.15, -0.1) is 0 Å². The van der Waals surface area contributed by atoms with Crippen LogP contribution < -0.4 is 5.73 Å². The molecule has 1 aliphatic rings. The van der Waals surface area contributed by atoms with Gasteiger partial charge in [0, 0.05) is 36.1 Å². The summed E-state index contributed by atoms with van der Waals surface area (Å²) < 4.78 is 7.32. The molecule has 1 aromatic heterocycles. The number of benzene rings is 2. The van der Waals surface area contributed by atoms with Crippen molar-refractivity contribution < 1.29 is 9.53 Å². The highest BCUT2D eigenvalue weighted by Crippen LogP contribution is 2.38. The van der Waals surface area contributed by atoms with Crippen LogP contribution in [0, 0.1) is 0 Å². The van der Waals surface area contributed by atoms with Crippen molar-refractivity contribution >= 4 is 16.9 Å². The molecule has 0 saturated heterocycles. The third-order valence-corrected chi connectivity index (χ3v) is 5.79. The lowest BCUT2D eigenvalue weighted by Crippen LogP contribution is -2.12. The highest BCUT2D eigenvalue weighted by atomic mass is 16.5. The quantitative estimate of drug-likeness (QED) is 0.705. The molecule has 3 aromatic rings. The first-order chi connectivity index (χ1) is 13.2. The van der Waals surface area contributed by atoms with E-state index in [2.05, 4.69) is 42.5 Å². The predicted molar refractivity (Wildman–Crippen MR) is 108 cm³/mol. The van der Waals surface area contributed by atoms with Gasteiger partial charge >= 0.3 is 5.97 Å². The minimum absolute atomic E-state index is 0.292. The van der Waals surface area contributed by atoms with Gasteiger partial charge in [-0.3, -0.25) is 0 Å². The predicted octanol–water partition coefficient (Wildman–Crippen LogP) is 4.28. The summed E-state index contributed by atoms with van der Waals surface area (Å²) in [6.45, 7) is 2.49.